The Kier molecular flexibility index (Phi) is 7.96. The summed E-state index contributed by atoms with van der Waals surface area (Å²) in [6, 6.07) is 12.4. The van der Waals surface area contributed by atoms with Crippen LogP contribution in [0.1, 0.15) is 38.3 Å². The van der Waals surface area contributed by atoms with Crippen LogP contribution in [-0.2, 0) is 14.8 Å². The van der Waals surface area contributed by atoms with Crippen molar-refractivity contribution in [3.8, 4) is 0 Å². The minimum atomic E-state index is -3.75. The van der Waals surface area contributed by atoms with Gasteiger partial charge in [0.15, 0.2) is 0 Å². The van der Waals surface area contributed by atoms with Crippen molar-refractivity contribution in [3.63, 3.8) is 0 Å². The zero-order valence-corrected chi connectivity index (χ0v) is 20.8. The third-order valence-corrected chi connectivity index (χ3v) is 7.34. The van der Waals surface area contributed by atoms with Crippen LogP contribution < -0.4 is 14.5 Å². The van der Waals surface area contributed by atoms with Crippen LogP contribution in [0.4, 0.5) is 11.4 Å². The van der Waals surface area contributed by atoms with Gasteiger partial charge in [-0.15, -0.1) is 0 Å². The first-order chi connectivity index (χ1) is 15.0. The predicted molar refractivity (Wildman–Crippen MR) is 132 cm³/mol. The summed E-state index contributed by atoms with van der Waals surface area (Å²) in [5.74, 6) is 0.250. The summed E-state index contributed by atoms with van der Waals surface area (Å²) in [7, 11) is -3.75. The molecule has 1 saturated heterocycles. The van der Waals surface area contributed by atoms with E-state index in [4.69, 9.17) is 23.2 Å². The smallest absolute Gasteiger partial charge is 0.241 e. The topological polar surface area (TPSA) is 69.7 Å². The first-order valence-electron chi connectivity index (χ1n) is 10.6. The molecular weight excluding hydrogens is 469 g/mol. The predicted octanol–water partition coefficient (Wildman–Crippen LogP) is 4.87. The van der Waals surface area contributed by atoms with Gasteiger partial charge < -0.3 is 10.2 Å². The number of rotatable bonds is 7. The summed E-state index contributed by atoms with van der Waals surface area (Å²) in [6.45, 7) is 5.86. The first kappa shape index (κ1) is 24.7. The molecule has 2 aromatic carbocycles. The van der Waals surface area contributed by atoms with Crippen molar-refractivity contribution < 1.29 is 13.2 Å². The number of hydrogen-bond donors (Lipinski definition) is 1. The Balaban J connectivity index is 1.68. The molecule has 1 fully saturated rings. The van der Waals surface area contributed by atoms with E-state index in [1.165, 1.54) is 30.7 Å². The van der Waals surface area contributed by atoms with Crippen molar-refractivity contribution in [3.05, 3.63) is 58.1 Å². The lowest BCUT2D eigenvalue weighted by Gasteiger charge is -2.33. The third-order valence-electron chi connectivity index (χ3n) is 5.66. The second-order valence-electron chi connectivity index (χ2n) is 8.44. The molecule has 32 heavy (non-hydrogen) atoms. The number of hydrogen-bond acceptors (Lipinski definition) is 4. The number of benzene rings is 2. The van der Waals surface area contributed by atoms with Crippen molar-refractivity contribution in [1.29, 1.82) is 0 Å². The van der Waals surface area contributed by atoms with Gasteiger partial charge in [-0.05, 0) is 61.6 Å². The average molecular weight is 498 g/mol. The van der Waals surface area contributed by atoms with E-state index in [2.05, 4.69) is 29.3 Å². The zero-order valence-electron chi connectivity index (χ0n) is 18.5. The van der Waals surface area contributed by atoms with Crippen LogP contribution in [0.2, 0.25) is 10.0 Å². The van der Waals surface area contributed by atoms with E-state index >= 15 is 0 Å². The van der Waals surface area contributed by atoms with E-state index in [0.717, 1.165) is 29.2 Å². The SMILES string of the molecule is CC1CCCN(c2ccc(C(C)NC(=O)CN(c3cc(Cl)ccc3Cl)S(C)(=O)=O)cc2)C1. The van der Waals surface area contributed by atoms with E-state index in [1.54, 1.807) is 6.07 Å². The van der Waals surface area contributed by atoms with Gasteiger partial charge in [0.2, 0.25) is 15.9 Å². The molecule has 0 radical (unpaired) electrons. The van der Waals surface area contributed by atoms with E-state index in [9.17, 15) is 13.2 Å². The van der Waals surface area contributed by atoms with Crippen LogP contribution in [0.25, 0.3) is 0 Å². The molecule has 2 aromatic rings. The second-order valence-corrected chi connectivity index (χ2v) is 11.2. The van der Waals surface area contributed by atoms with Crippen molar-refractivity contribution in [2.24, 2.45) is 5.92 Å². The monoisotopic (exact) mass is 497 g/mol. The normalized spacial score (nSPS) is 17.7. The van der Waals surface area contributed by atoms with Crippen LogP contribution >= 0.6 is 23.2 Å². The Hall–Kier alpha value is -1.96. The van der Waals surface area contributed by atoms with Gasteiger partial charge in [-0.3, -0.25) is 9.10 Å². The summed E-state index contributed by atoms with van der Waals surface area (Å²) in [4.78, 5) is 15.1. The molecule has 6 nitrogen and oxygen atoms in total. The highest BCUT2D eigenvalue weighted by Gasteiger charge is 2.24. The molecule has 1 aliphatic rings. The fourth-order valence-corrected chi connectivity index (χ4v) is 5.25. The lowest BCUT2D eigenvalue weighted by molar-refractivity contribution is -0.120. The van der Waals surface area contributed by atoms with Crippen LogP contribution in [0.15, 0.2) is 42.5 Å². The van der Waals surface area contributed by atoms with E-state index in [1.807, 2.05) is 19.1 Å². The fourth-order valence-electron chi connectivity index (χ4n) is 3.96. The molecule has 1 amide bonds. The minimum absolute atomic E-state index is 0.171. The standard InChI is InChI=1S/C23H29Cl2N3O3S/c1-16-5-4-12-27(14-16)20-9-6-18(7-10-20)17(2)26-23(29)15-28(32(3,30)31)22-13-19(24)8-11-21(22)25/h6-11,13,16-17H,4-5,12,14-15H2,1-3H3,(H,26,29). The first-order valence-corrected chi connectivity index (χ1v) is 13.2. The quantitative estimate of drug-likeness (QED) is 0.591. The molecule has 9 heteroatoms. The third kappa shape index (κ3) is 6.30. The van der Waals surface area contributed by atoms with Crippen LogP contribution in [0.5, 0.6) is 0 Å². The number of nitrogens with one attached hydrogen (secondary N) is 1. The average Bonchev–Trinajstić information content (AvgIpc) is 2.73. The molecule has 0 spiro atoms. The molecule has 1 heterocycles. The van der Waals surface area contributed by atoms with Crippen molar-refractivity contribution in [2.75, 3.05) is 35.1 Å². The Morgan fingerprint density at radius 2 is 1.91 bits per heavy atom. The lowest BCUT2D eigenvalue weighted by Crippen LogP contribution is -2.41. The molecule has 2 unspecified atom stereocenters. The number of sulfonamides is 1. The zero-order chi connectivity index (χ0) is 23.5. The molecule has 0 aliphatic carbocycles. The maximum absolute atomic E-state index is 12.7. The van der Waals surface area contributed by atoms with Gasteiger partial charge in [-0.1, -0.05) is 42.3 Å². The van der Waals surface area contributed by atoms with Gasteiger partial charge in [-0.25, -0.2) is 8.42 Å². The van der Waals surface area contributed by atoms with Crippen molar-refractivity contribution >= 4 is 50.5 Å². The van der Waals surface area contributed by atoms with E-state index in [-0.39, 0.29) is 16.8 Å². The number of nitrogens with zero attached hydrogens (tertiary/aromatic N) is 2. The second kappa shape index (κ2) is 10.3. The van der Waals surface area contributed by atoms with Gasteiger partial charge in [0.1, 0.15) is 6.54 Å². The number of carbonyl (C=O) groups is 1. The summed E-state index contributed by atoms with van der Waals surface area (Å²) in [6.07, 6.45) is 3.49. The molecule has 0 bridgehead atoms. The Morgan fingerprint density at radius 1 is 1.22 bits per heavy atom. The maximum atomic E-state index is 12.7. The minimum Gasteiger partial charge on any atom is -0.371 e. The highest BCUT2D eigenvalue weighted by atomic mass is 35.5. The summed E-state index contributed by atoms with van der Waals surface area (Å²) >= 11 is 12.2. The molecule has 3 rings (SSSR count). The molecule has 0 saturated carbocycles. The van der Waals surface area contributed by atoms with E-state index in [0.29, 0.717) is 10.9 Å². The Morgan fingerprint density at radius 3 is 2.53 bits per heavy atom. The highest BCUT2D eigenvalue weighted by molar-refractivity contribution is 7.92. The number of carbonyl (C=O) groups excluding carboxylic acids is 1. The Bertz CT molecular complexity index is 1060. The van der Waals surface area contributed by atoms with Gasteiger partial charge in [0.25, 0.3) is 0 Å². The van der Waals surface area contributed by atoms with Crippen LogP contribution in [-0.4, -0.2) is 40.2 Å². The molecule has 174 valence electrons. The number of anilines is 2. The van der Waals surface area contributed by atoms with E-state index < -0.39 is 22.5 Å². The fraction of sp³-hybridized carbons (Fsp3) is 0.435. The number of halogens is 2. The van der Waals surface area contributed by atoms with Crippen molar-refractivity contribution in [1.82, 2.24) is 5.32 Å². The van der Waals surface area contributed by atoms with Crippen molar-refractivity contribution in [2.45, 2.75) is 32.7 Å². The highest BCUT2D eigenvalue weighted by Crippen LogP contribution is 2.30. The van der Waals surface area contributed by atoms with Gasteiger partial charge >= 0.3 is 0 Å². The molecule has 2 atom stereocenters. The molecular formula is C23H29Cl2N3O3S. The summed E-state index contributed by atoms with van der Waals surface area (Å²) in [5.41, 5.74) is 2.29. The summed E-state index contributed by atoms with van der Waals surface area (Å²) in [5, 5.41) is 3.40. The summed E-state index contributed by atoms with van der Waals surface area (Å²) < 4.78 is 25.6. The largest absolute Gasteiger partial charge is 0.371 e. The van der Waals surface area contributed by atoms with Gasteiger partial charge in [0.05, 0.1) is 23.0 Å². The maximum Gasteiger partial charge on any atom is 0.241 e. The van der Waals surface area contributed by atoms with Crippen LogP contribution in [0.3, 0.4) is 0 Å². The molecule has 1 aliphatic heterocycles. The molecule has 1 N–H and O–H groups in total. The Labute approximate surface area is 200 Å². The molecule has 0 aromatic heterocycles. The number of amides is 1. The van der Waals surface area contributed by atoms with Gasteiger partial charge in [-0.2, -0.15) is 0 Å². The van der Waals surface area contributed by atoms with Gasteiger partial charge in [0, 0.05) is 23.8 Å². The number of piperidine rings is 1. The van der Waals surface area contributed by atoms with Crippen LogP contribution in [0, 0.1) is 5.92 Å². The lowest BCUT2D eigenvalue weighted by atomic mass is 9.99.